The lowest BCUT2D eigenvalue weighted by Gasteiger charge is -1.99. The van der Waals surface area contributed by atoms with Gasteiger partial charge in [0, 0.05) is 16.0 Å². The number of hydrogen-bond acceptors (Lipinski definition) is 1. The van der Waals surface area contributed by atoms with Gasteiger partial charge in [0.25, 0.3) is 0 Å². The molecule has 1 aromatic carbocycles. The van der Waals surface area contributed by atoms with Crippen LogP contribution in [0.1, 0.15) is 5.56 Å². The first-order valence-electron chi connectivity index (χ1n) is 3.76. The number of rotatable bonds is 0. The predicted octanol–water partition coefficient (Wildman–Crippen LogP) is 2.49. The first kappa shape index (κ1) is 8.04. The Morgan fingerprint density at radius 2 is 2.17 bits per heavy atom. The van der Waals surface area contributed by atoms with Gasteiger partial charge < -0.3 is 0 Å². The van der Waals surface area contributed by atoms with Crippen LogP contribution in [-0.4, -0.2) is 9.78 Å². The molecule has 1 heterocycles. The van der Waals surface area contributed by atoms with Crippen LogP contribution in [0.4, 0.5) is 0 Å². The van der Waals surface area contributed by atoms with E-state index in [-0.39, 0.29) is 0 Å². The minimum absolute atomic E-state index is 1.22. The second kappa shape index (κ2) is 2.73. The highest BCUT2D eigenvalue weighted by molar-refractivity contribution is 14.1. The van der Waals surface area contributed by atoms with Gasteiger partial charge in [0.05, 0.1) is 11.7 Å². The number of hydrogen-bond donors (Lipinski definition) is 0. The van der Waals surface area contributed by atoms with Gasteiger partial charge in [-0.1, -0.05) is 0 Å². The molecule has 0 saturated carbocycles. The molecule has 2 aromatic rings. The zero-order chi connectivity index (χ0) is 8.72. The van der Waals surface area contributed by atoms with Crippen LogP contribution < -0.4 is 0 Å². The van der Waals surface area contributed by atoms with E-state index in [2.05, 4.69) is 46.7 Å². The molecule has 0 spiro atoms. The van der Waals surface area contributed by atoms with E-state index in [9.17, 15) is 0 Å². The summed E-state index contributed by atoms with van der Waals surface area (Å²) in [7, 11) is 1.97. The zero-order valence-electron chi connectivity index (χ0n) is 7.00. The number of fused-ring (bicyclic) bond motifs is 1. The van der Waals surface area contributed by atoms with Crippen LogP contribution in [0, 0.1) is 10.5 Å². The van der Waals surface area contributed by atoms with Gasteiger partial charge in [0.15, 0.2) is 0 Å². The van der Waals surface area contributed by atoms with E-state index >= 15 is 0 Å². The Bertz CT molecular complexity index is 431. The molecule has 0 unspecified atom stereocenters. The molecule has 0 bridgehead atoms. The second-order valence-corrected chi connectivity index (χ2v) is 4.17. The average molecular weight is 272 g/mol. The number of benzene rings is 1. The second-order valence-electron chi connectivity index (χ2n) is 2.93. The third-order valence-corrected chi connectivity index (χ3v) is 2.61. The van der Waals surface area contributed by atoms with Gasteiger partial charge in [-0.15, -0.1) is 0 Å². The molecule has 0 radical (unpaired) electrons. The highest BCUT2D eigenvalue weighted by Crippen LogP contribution is 2.20. The van der Waals surface area contributed by atoms with Crippen LogP contribution in [0.15, 0.2) is 18.3 Å². The Labute approximate surface area is 84.7 Å². The van der Waals surface area contributed by atoms with Crippen molar-refractivity contribution in [3.8, 4) is 0 Å². The van der Waals surface area contributed by atoms with Crippen molar-refractivity contribution in [2.45, 2.75) is 6.92 Å². The van der Waals surface area contributed by atoms with Gasteiger partial charge in [-0.2, -0.15) is 5.10 Å². The Balaban J connectivity index is 2.93. The molecule has 2 nitrogen and oxygen atoms in total. The lowest BCUT2D eigenvalue weighted by molar-refractivity contribution is 0.794. The summed E-state index contributed by atoms with van der Waals surface area (Å²) in [5, 5.41) is 5.44. The van der Waals surface area contributed by atoms with Crippen LogP contribution >= 0.6 is 22.6 Å². The van der Waals surface area contributed by atoms with Gasteiger partial charge >= 0.3 is 0 Å². The standard InChI is InChI=1S/C9H9IN2/c1-6-3-8(10)4-7-5-11-12(2)9(6)7/h3-5H,1-2H3. The molecule has 0 atom stereocenters. The molecular weight excluding hydrogens is 263 g/mol. The largest absolute Gasteiger partial charge is 0.268 e. The molecule has 1 aromatic heterocycles. The molecule has 2 rings (SSSR count). The lowest BCUT2D eigenvalue weighted by atomic mass is 10.2. The fourth-order valence-electron chi connectivity index (χ4n) is 1.51. The summed E-state index contributed by atoms with van der Waals surface area (Å²) in [5.41, 5.74) is 2.52. The summed E-state index contributed by atoms with van der Waals surface area (Å²) in [4.78, 5) is 0. The van der Waals surface area contributed by atoms with Crippen molar-refractivity contribution in [3.05, 3.63) is 27.5 Å². The molecule has 0 fully saturated rings. The molecule has 0 amide bonds. The lowest BCUT2D eigenvalue weighted by Crippen LogP contribution is -1.91. The van der Waals surface area contributed by atoms with Crippen LogP contribution in [0.2, 0.25) is 0 Å². The average Bonchev–Trinajstić information content (AvgIpc) is 2.31. The minimum Gasteiger partial charge on any atom is -0.268 e. The Morgan fingerprint density at radius 3 is 2.92 bits per heavy atom. The maximum atomic E-state index is 4.21. The van der Waals surface area contributed by atoms with Gasteiger partial charge in [-0.25, -0.2) is 0 Å². The van der Waals surface area contributed by atoms with Crippen LogP contribution in [0.3, 0.4) is 0 Å². The summed E-state index contributed by atoms with van der Waals surface area (Å²) in [6.07, 6.45) is 1.91. The van der Waals surface area contributed by atoms with Crippen molar-refractivity contribution in [1.29, 1.82) is 0 Å². The molecule has 62 valence electrons. The molecule has 0 saturated heterocycles. The van der Waals surface area contributed by atoms with Crippen molar-refractivity contribution >= 4 is 33.5 Å². The first-order chi connectivity index (χ1) is 5.68. The maximum absolute atomic E-state index is 4.21. The zero-order valence-corrected chi connectivity index (χ0v) is 9.16. The van der Waals surface area contributed by atoms with E-state index in [0.29, 0.717) is 0 Å². The van der Waals surface area contributed by atoms with Gasteiger partial charge in [0.1, 0.15) is 0 Å². The van der Waals surface area contributed by atoms with Crippen molar-refractivity contribution in [3.63, 3.8) is 0 Å². The van der Waals surface area contributed by atoms with Crippen molar-refractivity contribution < 1.29 is 0 Å². The molecule has 12 heavy (non-hydrogen) atoms. The predicted molar refractivity (Wildman–Crippen MR) is 58.2 cm³/mol. The third-order valence-electron chi connectivity index (χ3n) is 1.99. The fraction of sp³-hybridized carbons (Fsp3) is 0.222. The summed E-state index contributed by atoms with van der Waals surface area (Å²) in [5.74, 6) is 0. The van der Waals surface area contributed by atoms with E-state index in [1.54, 1.807) is 0 Å². The Morgan fingerprint density at radius 1 is 1.42 bits per heavy atom. The highest BCUT2D eigenvalue weighted by Gasteiger charge is 2.02. The van der Waals surface area contributed by atoms with Crippen LogP contribution in [0.5, 0.6) is 0 Å². The Hall–Kier alpha value is -0.580. The maximum Gasteiger partial charge on any atom is 0.0708 e. The van der Waals surface area contributed by atoms with Gasteiger partial charge in [-0.3, -0.25) is 4.68 Å². The fourth-order valence-corrected chi connectivity index (χ4v) is 2.31. The normalized spacial score (nSPS) is 10.9. The van der Waals surface area contributed by atoms with Crippen molar-refractivity contribution in [2.24, 2.45) is 7.05 Å². The molecular formula is C9H9IN2. The third kappa shape index (κ3) is 1.12. The molecule has 0 aliphatic rings. The van der Waals surface area contributed by atoms with Gasteiger partial charge in [0.2, 0.25) is 0 Å². The van der Waals surface area contributed by atoms with E-state index in [0.717, 1.165) is 0 Å². The number of aromatic nitrogens is 2. The molecule has 3 heteroatoms. The summed E-state index contributed by atoms with van der Waals surface area (Å²) in [6, 6.07) is 4.32. The minimum atomic E-state index is 1.22. The van der Waals surface area contributed by atoms with E-state index in [4.69, 9.17) is 0 Å². The molecule has 0 N–H and O–H groups in total. The quantitative estimate of drug-likeness (QED) is 0.674. The molecule has 0 aliphatic heterocycles. The summed E-state index contributed by atoms with van der Waals surface area (Å²) in [6.45, 7) is 2.12. The Kier molecular flexibility index (Phi) is 1.83. The smallest absolute Gasteiger partial charge is 0.0708 e. The van der Waals surface area contributed by atoms with E-state index < -0.39 is 0 Å². The topological polar surface area (TPSA) is 17.8 Å². The number of aryl methyl sites for hydroxylation is 2. The first-order valence-corrected chi connectivity index (χ1v) is 4.84. The van der Waals surface area contributed by atoms with Crippen molar-refractivity contribution in [2.75, 3.05) is 0 Å². The number of halogens is 1. The van der Waals surface area contributed by atoms with Crippen LogP contribution in [-0.2, 0) is 7.05 Å². The highest BCUT2D eigenvalue weighted by atomic mass is 127. The van der Waals surface area contributed by atoms with Gasteiger partial charge in [-0.05, 0) is 47.2 Å². The van der Waals surface area contributed by atoms with Crippen molar-refractivity contribution in [1.82, 2.24) is 9.78 Å². The summed E-state index contributed by atoms with van der Waals surface area (Å²) < 4.78 is 3.19. The SMILES string of the molecule is Cc1cc(I)cc2cnn(C)c12. The monoisotopic (exact) mass is 272 g/mol. The van der Waals surface area contributed by atoms with E-state index in [1.807, 2.05) is 17.9 Å². The number of nitrogens with zero attached hydrogens (tertiary/aromatic N) is 2. The summed E-state index contributed by atoms with van der Waals surface area (Å²) >= 11 is 2.33. The molecule has 0 aliphatic carbocycles. The van der Waals surface area contributed by atoms with E-state index in [1.165, 1.54) is 20.0 Å². The van der Waals surface area contributed by atoms with Crippen LogP contribution in [0.25, 0.3) is 10.9 Å².